The predicted octanol–water partition coefficient (Wildman–Crippen LogP) is 3.71. The standard InChI is InChI=1S/C8H9N.2C2H6/c1-2-4-8-7(3-1)5-6-9-8;2*1-2/h1-4,9H,5-6H2;2*1-2H3. The summed E-state index contributed by atoms with van der Waals surface area (Å²) in [5.41, 5.74) is 2.77. The van der Waals surface area contributed by atoms with Crippen LogP contribution in [0.3, 0.4) is 0 Å². The highest BCUT2D eigenvalue weighted by Gasteiger charge is 2.05. The summed E-state index contributed by atoms with van der Waals surface area (Å²) in [6.07, 6.45) is 1.19. The van der Waals surface area contributed by atoms with Crippen molar-refractivity contribution in [2.45, 2.75) is 34.1 Å². The van der Waals surface area contributed by atoms with E-state index in [0.29, 0.717) is 0 Å². The monoisotopic (exact) mass is 179 g/mol. The van der Waals surface area contributed by atoms with Crippen molar-refractivity contribution < 1.29 is 0 Å². The summed E-state index contributed by atoms with van der Waals surface area (Å²) < 4.78 is 0. The van der Waals surface area contributed by atoms with Gasteiger partial charge in [-0.15, -0.1) is 0 Å². The van der Waals surface area contributed by atoms with E-state index in [1.165, 1.54) is 17.7 Å². The van der Waals surface area contributed by atoms with Gasteiger partial charge in [0, 0.05) is 12.2 Å². The molecule has 0 saturated carbocycles. The van der Waals surface area contributed by atoms with Gasteiger partial charge in [-0.2, -0.15) is 0 Å². The number of nitrogens with one attached hydrogen (secondary N) is 1. The van der Waals surface area contributed by atoms with Gasteiger partial charge in [-0.3, -0.25) is 0 Å². The predicted molar refractivity (Wildman–Crippen MR) is 61.3 cm³/mol. The number of para-hydroxylation sites is 1. The highest BCUT2D eigenvalue weighted by Crippen LogP contribution is 2.19. The zero-order chi connectivity index (χ0) is 10.1. The third-order valence-electron chi connectivity index (χ3n) is 1.73. The Hall–Kier alpha value is -0.980. The molecule has 1 aliphatic heterocycles. The molecule has 0 saturated heterocycles. The second-order valence-corrected chi connectivity index (χ2v) is 2.33. The van der Waals surface area contributed by atoms with Gasteiger partial charge < -0.3 is 5.32 Å². The zero-order valence-electron chi connectivity index (χ0n) is 9.22. The average Bonchev–Trinajstić information content (AvgIpc) is 2.71. The smallest absolute Gasteiger partial charge is 0.0373 e. The maximum absolute atomic E-state index is 3.30. The van der Waals surface area contributed by atoms with Crippen LogP contribution < -0.4 is 5.32 Å². The Morgan fingerprint density at radius 3 is 2.23 bits per heavy atom. The van der Waals surface area contributed by atoms with E-state index in [4.69, 9.17) is 0 Å². The molecular weight excluding hydrogens is 158 g/mol. The fourth-order valence-electron chi connectivity index (χ4n) is 1.24. The molecule has 1 aromatic carbocycles. The first-order valence-electron chi connectivity index (χ1n) is 5.28. The molecule has 1 N–H and O–H groups in total. The first kappa shape index (κ1) is 12.0. The highest BCUT2D eigenvalue weighted by atomic mass is 14.9. The Balaban J connectivity index is 0.000000322. The van der Waals surface area contributed by atoms with E-state index in [1.54, 1.807) is 0 Å². The molecule has 0 aromatic heterocycles. The van der Waals surface area contributed by atoms with Crippen LogP contribution in [0.25, 0.3) is 0 Å². The number of hydrogen-bond acceptors (Lipinski definition) is 1. The van der Waals surface area contributed by atoms with Gasteiger partial charge in [0.2, 0.25) is 0 Å². The molecule has 0 spiro atoms. The maximum atomic E-state index is 3.30. The lowest BCUT2D eigenvalue weighted by atomic mass is 10.2. The van der Waals surface area contributed by atoms with E-state index in [2.05, 4.69) is 29.6 Å². The third-order valence-corrected chi connectivity index (χ3v) is 1.73. The first-order valence-corrected chi connectivity index (χ1v) is 5.28. The topological polar surface area (TPSA) is 12.0 Å². The molecule has 0 radical (unpaired) electrons. The Bertz CT molecular complexity index is 195. The first-order chi connectivity index (χ1) is 6.47. The Labute approximate surface area is 82.2 Å². The van der Waals surface area contributed by atoms with Gasteiger partial charge in [-0.05, 0) is 18.1 Å². The van der Waals surface area contributed by atoms with E-state index in [-0.39, 0.29) is 0 Å². The molecule has 2 rings (SSSR count). The van der Waals surface area contributed by atoms with E-state index in [1.807, 2.05) is 27.7 Å². The summed E-state index contributed by atoms with van der Waals surface area (Å²) in [6, 6.07) is 8.46. The quantitative estimate of drug-likeness (QED) is 0.640. The SMILES string of the molecule is CC.CC.c1ccc2c(c1)CCN2. The van der Waals surface area contributed by atoms with Gasteiger partial charge >= 0.3 is 0 Å². The molecule has 0 fully saturated rings. The van der Waals surface area contributed by atoms with E-state index in [9.17, 15) is 0 Å². The van der Waals surface area contributed by atoms with Crippen molar-refractivity contribution in [2.75, 3.05) is 11.9 Å². The van der Waals surface area contributed by atoms with Crippen molar-refractivity contribution in [3.63, 3.8) is 0 Å². The minimum absolute atomic E-state index is 1.11. The summed E-state index contributed by atoms with van der Waals surface area (Å²) in [5, 5.41) is 3.30. The van der Waals surface area contributed by atoms with Crippen LogP contribution in [0.1, 0.15) is 33.3 Å². The Morgan fingerprint density at radius 1 is 1.00 bits per heavy atom. The van der Waals surface area contributed by atoms with Gasteiger partial charge in [0.1, 0.15) is 0 Å². The average molecular weight is 179 g/mol. The van der Waals surface area contributed by atoms with Gasteiger partial charge in [-0.25, -0.2) is 0 Å². The summed E-state index contributed by atoms with van der Waals surface area (Å²) in [4.78, 5) is 0. The van der Waals surface area contributed by atoms with Crippen LogP contribution in [0.2, 0.25) is 0 Å². The van der Waals surface area contributed by atoms with E-state index in [0.717, 1.165) is 6.54 Å². The summed E-state index contributed by atoms with van der Waals surface area (Å²) in [5.74, 6) is 0. The number of hydrogen-bond donors (Lipinski definition) is 1. The molecule has 0 amide bonds. The molecule has 0 aliphatic carbocycles. The van der Waals surface area contributed by atoms with Gasteiger partial charge in [0.25, 0.3) is 0 Å². The minimum Gasteiger partial charge on any atom is -0.384 e. The molecule has 0 unspecified atom stereocenters. The lowest BCUT2D eigenvalue weighted by molar-refractivity contribution is 1.11. The molecule has 1 nitrogen and oxygen atoms in total. The second kappa shape index (κ2) is 7.66. The van der Waals surface area contributed by atoms with Crippen LogP contribution >= 0.6 is 0 Å². The molecule has 1 heteroatoms. The van der Waals surface area contributed by atoms with Crippen molar-refractivity contribution in [1.29, 1.82) is 0 Å². The third kappa shape index (κ3) is 3.49. The van der Waals surface area contributed by atoms with Crippen molar-refractivity contribution in [3.8, 4) is 0 Å². The van der Waals surface area contributed by atoms with Gasteiger partial charge in [-0.1, -0.05) is 45.9 Å². The van der Waals surface area contributed by atoms with Gasteiger partial charge in [0.05, 0.1) is 0 Å². The Morgan fingerprint density at radius 2 is 1.62 bits per heavy atom. The largest absolute Gasteiger partial charge is 0.384 e. The van der Waals surface area contributed by atoms with Crippen molar-refractivity contribution in [2.24, 2.45) is 0 Å². The number of anilines is 1. The molecule has 74 valence electrons. The molecule has 0 bridgehead atoms. The van der Waals surface area contributed by atoms with Crippen LogP contribution in [0.4, 0.5) is 5.69 Å². The van der Waals surface area contributed by atoms with Crippen LogP contribution in [-0.2, 0) is 6.42 Å². The maximum Gasteiger partial charge on any atom is 0.0373 e. The summed E-state index contributed by atoms with van der Waals surface area (Å²) in [7, 11) is 0. The normalized spacial score (nSPS) is 11.1. The Kier molecular flexibility index (Phi) is 7.08. The molecule has 13 heavy (non-hydrogen) atoms. The highest BCUT2D eigenvalue weighted by molar-refractivity contribution is 5.54. The molecule has 1 heterocycles. The van der Waals surface area contributed by atoms with Gasteiger partial charge in [0.15, 0.2) is 0 Å². The zero-order valence-corrected chi connectivity index (χ0v) is 9.22. The van der Waals surface area contributed by atoms with Crippen molar-refractivity contribution in [1.82, 2.24) is 0 Å². The van der Waals surface area contributed by atoms with Crippen molar-refractivity contribution >= 4 is 5.69 Å². The van der Waals surface area contributed by atoms with Crippen LogP contribution in [0.5, 0.6) is 0 Å². The van der Waals surface area contributed by atoms with E-state index >= 15 is 0 Å². The van der Waals surface area contributed by atoms with Crippen LogP contribution in [0, 0.1) is 0 Å². The second-order valence-electron chi connectivity index (χ2n) is 2.33. The summed E-state index contributed by atoms with van der Waals surface area (Å²) >= 11 is 0. The minimum atomic E-state index is 1.11. The summed E-state index contributed by atoms with van der Waals surface area (Å²) in [6.45, 7) is 9.11. The lowest BCUT2D eigenvalue weighted by Gasteiger charge is -1.94. The number of fused-ring (bicyclic) bond motifs is 1. The lowest BCUT2D eigenvalue weighted by Crippen LogP contribution is -1.90. The number of benzene rings is 1. The number of rotatable bonds is 0. The fraction of sp³-hybridized carbons (Fsp3) is 0.500. The van der Waals surface area contributed by atoms with E-state index < -0.39 is 0 Å². The molecular formula is C12H21N. The van der Waals surface area contributed by atoms with Crippen LogP contribution in [0.15, 0.2) is 24.3 Å². The molecule has 1 aliphatic rings. The molecule has 0 atom stereocenters. The van der Waals surface area contributed by atoms with Crippen LogP contribution in [-0.4, -0.2) is 6.54 Å². The fourth-order valence-corrected chi connectivity index (χ4v) is 1.24. The van der Waals surface area contributed by atoms with Crippen molar-refractivity contribution in [3.05, 3.63) is 29.8 Å². The molecule has 1 aromatic rings.